The van der Waals surface area contributed by atoms with Crippen LogP contribution in [0.15, 0.2) is 9.85 Å². The number of carbonyl (C=O) groups excluding carboxylic acids is 1. The molecule has 0 radical (unpaired) electrons. The summed E-state index contributed by atoms with van der Waals surface area (Å²) in [6.07, 6.45) is 1.22. The molecule has 1 heterocycles. The average Bonchev–Trinajstić information content (AvgIpc) is 2.59. The Morgan fingerprint density at radius 2 is 2.29 bits per heavy atom. The fourth-order valence-electron chi connectivity index (χ4n) is 1.67. The van der Waals surface area contributed by atoms with Crippen LogP contribution in [0.3, 0.4) is 0 Å². The molecule has 0 bridgehead atoms. The van der Waals surface area contributed by atoms with Gasteiger partial charge in [0.15, 0.2) is 0 Å². The molecular formula is C12H18BrNO2S. The standard InChI is InChI=1S/C12H18BrNO2S/c1-7(5-11(15)16-3)4-9(14)10-6-8(2)12(13)17-10/h6-7,9H,4-5,14H2,1-3H3. The van der Waals surface area contributed by atoms with E-state index in [4.69, 9.17) is 5.73 Å². The van der Waals surface area contributed by atoms with E-state index in [1.807, 2.05) is 6.92 Å². The van der Waals surface area contributed by atoms with Gasteiger partial charge in [0, 0.05) is 17.3 Å². The van der Waals surface area contributed by atoms with E-state index in [1.165, 1.54) is 12.7 Å². The van der Waals surface area contributed by atoms with Gasteiger partial charge in [0.25, 0.3) is 0 Å². The first-order valence-corrected chi connectivity index (χ1v) is 7.13. The molecule has 0 aliphatic rings. The van der Waals surface area contributed by atoms with E-state index in [1.54, 1.807) is 11.3 Å². The summed E-state index contributed by atoms with van der Waals surface area (Å²) in [5.41, 5.74) is 7.34. The van der Waals surface area contributed by atoms with Crippen LogP contribution in [0.2, 0.25) is 0 Å². The minimum atomic E-state index is -0.173. The summed E-state index contributed by atoms with van der Waals surface area (Å²) in [5, 5.41) is 0. The number of ether oxygens (including phenoxy) is 1. The Labute approximate surface area is 114 Å². The summed E-state index contributed by atoms with van der Waals surface area (Å²) >= 11 is 5.16. The van der Waals surface area contributed by atoms with Crippen molar-refractivity contribution in [3.8, 4) is 0 Å². The van der Waals surface area contributed by atoms with Crippen molar-refractivity contribution in [2.24, 2.45) is 11.7 Å². The van der Waals surface area contributed by atoms with Crippen LogP contribution >= 0.6 is 27.3 Å². The Bertz CT molecular complexity index is 372. The highest BCUT2D eigenvalue weighted by Gasteiger charge is 2.16. The lowest BCUT2D eigenvalue weighted by molar-refractivity contribution is -0.141. The third-order valence-corrected chi connectivity index (χ3v) is 4.91. The number of hydrogen-bond acceptors (Lipinski definition) is 4. The predicted octanol–water partition coefficient (Wildman–Crippen LogP) is 3.41. The molecule has 0 aliphatic carbocycles. The summed E-state index contributed by atoms with van der Waals surface area (Å²) in [6.45, 7) is 4.07. The molecule has 2 unspecified atom stereocenters. The summed E-state index contributed by atoms with van der Waals surface area (Å²) in [5.74, 6) is 0.0619. The monoisotopic (exact) mass is 319 g/mol. The molecule has 96 valence electrons. The molecule has 0 aromatic carbocycles. The highest BCUT2D eigenvalue weighted by atomic mass is 79.9. The molecule has 0 aliphatic heterocycles. The largest absolute Gasteiger partial charge is 0.469 e. The van der Waals surface area contributed by atoms with E-state index in [-0.39, 0.29) is 17.9 Å². The van der Waals surface area contributed by atoms with Gasteiger partial charge in [0.1, 0.15) is 0 Å². The zero-order chi connectivity index (χ0) is 13.0. The smallest absolute Gasteiger partial charge is 0.305 e. The molecule has 17 heavy (non-hydrogen) atoms. The van der Waals surface area contributed by atoms with Gasteiger partial charge in [0.05, 0.1) is 10.9 Å². The lowest BCUT2D eigenvalue weighted by Crippen LogP contribution is -2.15. The Morgan fingerprint density at radius 1 is 1.65 bits per heavy atom. The van der Waals surface area contributed by atoms with Crippen LogP contribution in [0.4, 0.5) is 0 Å². The van der Waals surface area contributed by atoms with Crippen molar-refractivity contribution in [2.45, 2.75) is 32.7 Å². The lowest BCUT2D eigenvalue weighted by atomic mass is 9.98. The van der Waals surface area contributed by atoms with Crippen molar-refractivity contribution >= 4 is 33.2 Å². The maximum atomic E-state index is 11.1. The fraction of sp³-hybridized carbons (Fsp3) is 0.583. The van der Waals surface area contributed by atoms with Crippen LogP contribution in [0.1, 0.15) is 36.2 Å². The number of methoxy groups -OCH3 is 1. The third kappa shape index (κ3) is 4.41. The molecule has 0 saturated heterocycles. The second-order valence-electron chi connectivity index (χ2n) is 4.33. The van der Waals surface area contributed by atoms with Crippen LogP contribution in [0.5, 0.6) is 0 Å². The van der Waals surface area contributed by atoms with E-state index in [9.17, 15) is 4.79 Å². The molecule has 1 aromatic rings. The van der Waals surface area contributed by atoms with Crippen molar-refractivity contribution in [3.05, 3.63) is 20.3 Å². The highest BCUT2D eigenvalue weighted by Crippen LogP contribution is 2.33. The van der Waals surface area contributed by atoms with E-state index in [0.29, 0.717) is 6.42 Å². The quantitative estimate of drug-likeness (QED) is 0.846. The van der Waals surface area contributed by atoms with Crippen molar-refractivity contribution in [2.75, 3.05) is 7.11 Å². The molecule has 2 N–H and O–H groups in total. The number of thiophene rings is 1. The average molecular weight is 320 g/mol. The number of hydrogen-bond donors (Lipinski definition) is 1. The van der Waals surface area contributed by atoms with Gasteiger partial charge in [-0.3, -0.25) is 4.79 Å². The van der Waals surface area contributed by atoms with Crippen LogP contribution in [0, 0.1) is 12.8 Å². The highest BCUT2D eigenvalue weighted by molar-refractivity contribution is 9.11. The van der Waals surface area contributed by atoms with Gasteiger partial charge in [0.2, 0.25) is 0 Å². The van der Waals surface area contributed by atoms with Gasteiger partial charge < -0.3 is 10.5 Å². The maximum Gasteiger partial charge on any atom is 0.305 e. The molecular weight excluding hydrogens is 302 g/mol. The van der Waals surface area contributed by atoms with E-state index in [2.05, 4.69) is 33.7 Å². The SMILES string of the molecule is COC(=O)CC(C)CC(N)c1cc(C)c(Br)s1. The van der Waals surface area contributed by atoms with Crippen LogP contribution < -0.4 is 5.73 Å². The zero-order valence-electron chi connectivity index (χ0n) is 10.3. The van der Waals surface area contributed by atoms with Crippen molar-refractivity contribution in [1.82, 2.24) is 0 Å². The molecule has 0 amide bonds. The topological polar surface area (TPSA) is 52.3 Å². The summed E-state index contributed by atoms with van der Waals surface area (Å²) < 4.78 is 5.78. The Kier molecular flexibility index (Phi) is 5.62. The van der Waals surface area contributed by atoms with Crippen LogP contribution in [-0.4, -0.2) is 13.1 Å². The lowest BCUT2D eigenvalue weighted by Gasteiger charge is -2.15. The maximum absolute atomic E-state index is 11.1. The molecule has 1 rings (SSSR count). The van der Waals surface area contributed by atoms with Gasteiger partial charge in [-0.05, 0) is 46.8 Å². The number of carbonyl (C=O) groups is 1. The first-order valence-electron chi connectivity index (χ1n) is 5.52. The molecule has 0 fully saturated rings. The molecule has 1 aromatic heterocycles. The molecule has 0 saturated carbocycles. The molecule has 5 heteroatoms. The zero-order valence-corrected chi connectivity index (χ0v) is 12.7. The minimum Gasteiger partial charge on any atom is -0.469 e. The fourth-order valence-corrected chi connectivity index (χ4v) is 3.25. The molecule has 3 nitrogen and oxygen atoms in total. The molecule has 0 spiro atoms. The number of aryl methyl sites for hydroxylation is 1. The van der Waals surface area contributed by atoms with E-state index < -0.39 is 0 Å². The Hall–Kier alpha value is -0.390. The Balaban J connectivity index is 2.54. The van der Waals surface area contributed by atoms with Gasteiger partial charge in [-0.25, -0.2) is 0 Å². The first-order chi connectivity index (χ1) is 7.93. The number of nitrogens with two attached hydrogens (primary N) is 1. The normalized spacial score (nSPS) is 14.4. The van der Waals surface area contributed by atoms with Crippen molar-refractivity contribution in [3.63, 3.8) is 0 Å². The summed E-state index contributed by atoms with van der Waals surface area (Å²) in [6, 6.07) is 2.09. The van der Waals surface area contributed by atoms with Gasteiger partial charge in [-0.2, -0.15) is 0 Å². The summed E-state index contributed by atoms with van der Waals surface area (Å²) in [7, 11) is 1.41. The minimum absolute atomic E-state index is 0.00958. The molecule has 2 atom stereocenters. The van der Waals surface area contributed by atoms with Gasteiger partial charge in [-0.1, -0.05) is 6.92 Å². The first kappa shape index (κ1) is 14.7. The Morgan fingerprint density at radius 3 is 2.76 bits per heavy atom. The van der Waals surface area contributed by atoms with E-state index in [0.717, 1.165) is 15.1 Å². The second kappa shape index (κ2) is 6.52. The second-order valence-corrected chi connectivity index (χ2v) is 6.73. The number of halogens is 1. The van der Waals surface area contributed by atoms with E-state index >= 15 is 0 Å². The number of rotatable bonds is 5. The van der Waals surface area contributed by atoms with Gasteiger partial charge in [-0.15, -0.1) is 11.3 Å². The third-order valence-electron chi connectivity index (χ3n) is 2.64. The van der Waals surface area contributed by atoms with Crippen molar-refractivity contribution in [1.29, 1.82) is 0 Å². The van der Waals surface area contributed by atoms with Crippen LogP contribution in [0.25, 0.3) is 0 Å². The number of esters is 1. The van der Waals surface area contributed by atoms with Crippen molar-refractivity contribution < 1.29 is 9.53 Å². The summed E-state index contributed by atoms with van der Waals surface area (Å²) in [4.78, 5) is 12.3. The predicted molar refractivity (Wildman–Crippen MR) is 74.1 cm³/mol. The van der Waals surface area contributed by atoms with Gasteiger partial charge >= 0.3 is 5.97 Å². The van der Waals surface area contributed by atoms with Crippen LogP contribution in [-0.2, 0) is 9.53 Å².